The molecule has 1 aromatic carbocycles. The number of alkyl halides is 3. The number of nitrogens with one attached hydrogen (secondary N) is 1. The quantitative estimate of drug-likeness (QED) is 0.789. The zero-order valence-corrected chi connectivity index (χ0v) is 16.9. The van der Waals surface area contributed by atoms with Gasteiger partial charge in [-0.2, -0.15) is 13.2 Å². The van der Waals surface area contributed by atoms with Crippen LogP contribution in [0.3, 0.4) is 0 Å². The molecule has 0 unspecified atom stereocenters. The minimum Gasteiger partial charge on any atom is -0.367 e. The fraction of sp³-hybridized carbons (Fsp3) is 0.350. The number of halogens is 4. The van der Waals surface area contributed by atoms with Gasteiger partial charge in [0.25, 0.3) is 0 Å². The van der Waals surface area contributed by atoms with Gasteiger partial charge in [0.05, 0.1) is 28.9 Å². The highest BCUT2D eigenvalue weighted by molar-refractivity contribution is 6.31. The van der Waals surface area contributed by atoms with Gasteiger partial charge in [-0.15, -0.1) is 0 Å². The van der Waals surface area contributed by atoms with E-state index in [1.165, 1.54) is 6.07 Å². The fourth-order valence-corrected chi connectivity index (χ4v) is 3.51. The number of carbonyl (C=O) groups excluding carboxylic acids is 2. The third kappa shape index (κ3) is 5.41. The normalized spacial score (nSPS) is 14.6. The summed E-state index contributed by atoms with van der Waals surface area (Å²) in [5.41, 5.74) is 0.311. The molecule has 0 radical (unpaired) electrons. The van der Waals surface area contributed by atoms with Crippen molar-refractivity contribution in [2.45, 2.75) is 19.5 Å². The minimum atomic E-state index is -4.54. The highest BCUT2D eigenvalue weighted by atomic mass is 35.5. The number of rotatable bonds is 4. The molecule has 1 aliphatic rings. The average molecular weight is 441 g/mol. The lowest BCUT2D eigenvalue weighted by Crippen LogP contribution is -2.48. The van der Waals surface area contributed by atoms with Crippen molar-refractivity contribution in [3.63, 3.8) is 0 Å². The van der Waals surface area contributed by atoms with Crippen LogP contribution >= 0.6 is 11.6 Å². The second-order valence-electron chi connectivity index (χ2n) is 6.93. The fourth-order valence-electron chi connectivity index (χ4n) is 3.20. The van der Waals surface area contributed by atoms with Crippen molar-refractivity contribution in [2.75, 3.05) is 36.4 Å². The van der Waals surface area contributed by atoms with E-state index in [0.29, 0.717) is 37.6 Å². The number of carbonyl (C=O) groups is 2. The van der Waals surface area contributed by atoms with Gasteiger partial charge >= 0.3 is 6.18 Å². The summed E-state index contributed by atoms with van der Waals surface area (Å²) >= 11 is 5.68. The van der Waals surface area contributed by atoms with E-state index in [9.17, 15) is 22.8 Å². The highest BCUT2D eigenvalue weighted by Crippen LogP contribution is 2.35. The maximum absolute atomic E-state index is 12.8. The molecular formula is C20H20ClF3N4O2. The molecule has 1 saturated heterocycles. The van der Waals surface area contributed by atoms with E-state index >= 15 is 0 Å². The van der Waals surface area contributed by atoms with Gasteiger partial charge in [-0.3, -0.25) is 9.59 Å². The van der Waals surface area contributed by atoms with Crippen LogP contribution in [0.15, 0.2) is 36.5 Å². The Bertz CT molecular complexity index is 927. The number of hydrogen-bond acceptors (Lipinski definition) is 4. The largest absolute Gasteiger partial charge is 0.417 e. The topological polar surface area (TPSA) is 65.5 Å². The van der Waals surface area contributed by atoms with Crippen LogP contribution in [0.25, 0.3) is 0 Å². The molecule has 30 heavy (non-hydrogen) atoms. The van der Waals surface area contributed by atoms with Crippen LogP contribution in [-0.4, -0.2) is 47.9 Å². The average Bonchev–Trinajstić information content (AvgIpc) is 2.67. The standard InChI is InChI=1S/C20H20ClF3N4O2/c1-13(29)27-6-8-28(9-7-27)15-3-5-18(25-12-15)26-19(30)11-14-2-4-16(17(21)10-14)20(22,23)24/h2-5,10,12H,6-9,11H2,1H3,(H,25,26,30). The molecule has 1 aromatic heterocycles. The van der Waals surface area contributed by atoms with Crippen molar-refractivity contribution >= 4 is 34.9 Å². The Kier molecular flexibility index (Phi) is 6.50. The van der Waals surface area contributed by atoms with E-state index in [4.69, 9.17) is 11.6 Å². The predicted molar refractivity (Wildman–Crippen MR) is 107 cm³/mol. The lowest BCUT2D eigenvalue weighted by molar-refractivity contribution is -0.137. The van der Waals surface area contributed by atoms with Crippen LogP contribution in [0.2, 0.25) is 5.02 Å². The number of anilines is 2. The second-order valence-corrected chi connectivity index (χ2v) is 7.34. The molecule has 10 heteroatoms. The lowest BCUT2D eigenvalue weighted by Gasteiger charge is -2.35. The molecule has 1 fully saturated rings. The molecule has 2 heterocycles. The van der Waals surface area contributed by atoms with Crippen molar-refractivity contribution in [1.82, 2.24) is 9.88 Å². The molecule has 1 aliphatic heterocycles. The molecule has 0 spiro atoms. The zero-order valence-electron chi connectivity index (χ0n) is 16.2. The number of hydrogen-bond donors (Lipinski definition) is 1. The van der Waals surface area contributed by atoms with E-state index in [0.717, 1.165) is 17.8 Å². The van der Waals surface area contributed by atoms with Crippen LogP contribution in [0.5, 0.6) is 0 Å². The van der Waals surface area contributed by atoms with Crippen LogP contribution in [0, 0.1) is 0 Å². The maximum atomic E-state index is 12.8. The van der Waals surface area contributed by atoms with Crippen molar-refractivity contribution in [1.29, 1.82) is 0 Å². The summed E-state index contributed by atoms with van der Waals surface area (Å²) in [4.78, 5) is 31.7. The first-order chi connectivity index (χ1) is 14.1. The summed E-state index contributed by atoms with van der Waals surface area (Å²) in [6, 6.07) is 6.71. The highest BCUT2D eigenvalue weighted by Gasteiger charge is 2.33. The van der Waals surface area contributed by atoms with Gasteiger partial charge in [0.1, 0.15) is 5.82 Å². The van der Waals surface area contributed by atoms with Gasteiger partial charge in [0.15, 0.2) is 0 Å². The molecule has 2 amide bonds. The van der Waals surface area contributed by atoms with Crippen LogP contribution in [-0.2, 0) is 22.2 Å². The SMILES string of the molecule is CC(=O)N1CCN(c2ccc(NC(=O)Cc3ccc(C(F)(F)F)c(Cl)c3)nc2)CC1. The third-order valence-electron chi connectivity index (χ3n) is 4.81. The van der Waals surface area contributed by atoms with E-state index in [-0.39, 0.29) is 12.3 Å². The van der Waals surface area contributed by atoms with Crippen molar-refractivity contribution < 1.29 is 22.8 Å². The molecule has 0 bridgehead atoms. The first kappa shape index (κ1) is 21.9. The molecule has 0 saturated carbocycles. The smallest absolute Gasteiger partial charge is 0.367 e. The first-order valence-corrected chi connectivity index (χ1v) is 9.63. The number of pyridine rings is 1. The molecule has 2 aromatic rings. The Morgan fingerprint density at radius 2 is 1.83 bits per heavy atom. The van der Waals surface area contributed by atoms with Crippen LogP contribution in [0.4, 0.5) is 24.7 Å². The summed E-state index contributed by atoms with van der Waals surface area (Å²) in [6.45, 7) is 4.23. The van der Waals surface area contributed by atoms with Gasteiger partial charge in [-0.25, -0.2) is 4.98 Å². The summed E-state index contributed by atoms with van der Waals surface area (Å²) in [5.74, 6) is -0.0227. The summed E-state index contributed by atoms with van der Waals surface area (Å²) in [6.07, 6.45) is -3.04. The maximum Gasteiger partial charge on any atom is 0.417 e. The Morgan fingerprint density at radius 1 is 1.13 bits per heavy atom. The van der Waals surface area contributed by atoms with E-state index < -0.39 is 22.7 Å². The van der Waals surface area contributed by atoms with E-state index in [1.54, 1.807) is 24.1 Å². The molecule has 6 nitrogen and oxygen atoms in total. The second kappa shape index (κ2) is 8.91. The number of aromatic nitrogens is 1. The minimum absolute atomic E-state index is 0.0557. The van der Waals surface area contributed by atoms with Crippen LogP contribution < -0.4 is 10.2 Å². The number of piperazine rings is 1. The summed E-state index contributed by atoms with van der Waals surface area (Å²) in [7, 11) is 0. The van der Waals surface area contributed by atoms with Gasteiger partial charge in [0, 0.05) is 33.1 Å². The van der Waals surface area contributed by atoms with Gasteiger partial charge in [-0.1, -0.05) is 17.7 Å². The van der Waals surface area contributed by atoms with Gasteiger partial charge in [-0.05, 0) is 29.8 Å². The summed E-state index contributed by atoms with van der Waals surface area (Å²) in [5, 5.41) is 2.18. The Morgan fingerprint density at radius 3 is 2.37 bits per heavy atom. The zero-order chi connectivity index (χ0) is 21.9. The van der Waals surface area contributed by atoms with Crippen molar-refractivity contribution in [3.05, 3.63) is 52.7 Å². The molecule has 3 rings (SSSR count). The predicted octanol–water partition coefficient (Wildman–Crippen LogP) is 3.60. The number of benzene rings is 1. The van der Waals surface area contributed by atoms with E-state index in [2.05, 4.69) is 15.2 Å². The van der Waals surface area contributed by atoms with Crippen molar-refractivity contribution in [2.24, 2.45) is 0 Å². The lowest BCUT2D eigenvalue weighted by atomic mass is 10.1. The van der Waals surface area contributed by atoms with E-state index in [1.807, 2.05) is 6.07 Å². The summed E-state index contributed by atoms with van der Waals surface area (Å²) < 4.78 is 38.3. The monoisotopic (exact) mass is 440 g/mol. The molecule has 0 aliphatic carbocycles. The Hall–Kier alpha value is -2.81. The Labute approximate surface area is 176 Å². The molecule has 1 N–H and O–H groups in total. The molecule has 160 valence electrons. The Balaban J connectivity index is 1.56. The first-order valence-electron chi connectivity index (χ1n) is 9.25. The van der Waals surface area contributed by atoms with Crippen molar-refractivity contribution in [3.8, 4) is 0 Å². The third-order valence-corrected chi connectivity index (χ3v) is 5.12. The van der Waals surface area contributed by atoms with Gasteiger partial charge in [0.2, 0.25) is 11.8 Å². The number of nitrogens with zero attached hydrogens (tertiary/aromatic N) is 3. The molecule has 0 atom stereocenters. The number of amides is 2. The van der Waals surface area contributed by atoms with Gasteiger partial charge < -0.3 is 15.1 Å². The van der Waals surface area contributed by atoms with Crippen LogP contribution in [0.1, 0.15) is 18.1 Å². The molecular weight excluding hydrogens is 421 g/mol.